The molecule has 3 nitrogen and oxygen atoms in total. The van der Waals surface area contributed by atoms with E-state index in [4.69, 9.17) is 0 Å². The lowest BCUT2D eigenvalue weighted by Crippen LogP contribution is -2.23. The molecule has 1 aliphatic heterocycles. The van der Waals surface area contributed by atoms with Gasteiger partial charge >= 0.3 is 0 Å². The third-order valence-corrected chi connectivity index (χ3v) is 5.11. The Morgan fingerprint density at radius 1 is 1.35 bits per heavy atom. The zero-order chi connectivity index (χ0) is 12.6. The van der Waals surface area contributed by atoms with Gasteiger partial charge in [0.15, 0.2) is 9.84 Å². The van der Waals surface area contributed by atoms with Crippen molar-refractivity contribution in [3.8, 4) is 0 Å². The van der Waals surface area contributed by atoms with Gasteiger partial charge in [0.1, 0.15) is 0 Å². The van der Waals surface area contributed by atoms with Gasteiger partial charge in [0.2, 0.25) is 0 Å². The van der Waals surface area contributed by atoms with Crippen LogP contribution in [-0.2, 0) is 9.84 Å². The van der Waals surface area contributed by atoms with Gasteiger partial charge in [-0.3, -0.25) is 0 Å². The van der Waals surface area contributed by atoms with Gasteiger partial charge in [-0.05, 0) is 37.9 Å². The molecule has 4 heteroatoms. The number of hydrogen-bond donors (Lipinski definition) is 1. The van der Waals surface area contributed by atoms with E-state index in [1.54, 1.807) is 0 Å². The molecule has 1 atom stereocenters. The first-order valence-electron chi connectivity index (χ1n) is 6.03. The molecule has 2 rings (SSSR count). The topological polar surface area (TPSA) is 46.2 Å². The van der Waals surface area contributed by atoms with E-state index < -0.39 is 9.84 Å². The van der Waals surface area contributed by atoms with Crippen molar-refractivity contribution in [2.75, 3.05) is 12.3 Å². The second-order valence-electron chi connectivity index (χ2n) is 4.79. The van der Waals surface area contributed by atoms with Crippen molar-refractivity contribution in [1.82, 2.24) is 5.32 Å². The van der Waals surface area contributed by atoms with Crippen LogP contribution in [0.5, 0.6) is 0 Å². The minimum Gasteiger partial charge on any atom is -0.309 e. The van der Waals surface area contributed by atoms with E-state index in [1.165, 1.54) is 0 Å². The van der Waals surface area contributed by atoms with Gasteiger partial charge < -0.3 is 5.32 Å². The minimum absolute atomic E-state index is 0.0338. The molecule has 0 fully saturated rings. The Kier molecular flexibility index (Phi) is 3.27. The largest absolute Gasteiger partial charge is 0.309 e. The van der Waals surface area contributed by atoms with Crippen molar-refractivity contribution in [3.63, 3.8) is 0 Å². The molecular formula is C13H19NO2S. The molecule has 0 bridgehead atoms. The maximum absolute atomic E-state index is 12.1. The average Bonchev–Trinajstić information content (AvgIpc) is 2.46. The van der Waals surface area contributed by atoms with Crippen molar-refractivity contribution in [2.24, 2.45) is 0 Å². The second kappa shape index (κ2) is 4.42. The SMILES string of the molecule is CCCNC1CS(=O)(=O)c2c(C)cc(C)cc21. The van der Waals surface area contributed by atoms with Gasteiger partial charge in [0.25, 0.3) is 0 Å². The quantitative estimate of drug-likeness (QED) is 0.897. The first-order chi connectivity index (χ1) is 7.95. The van der Waals surface area contributed by atoms with Crippen molar-refractivity contribution in [3.05, 3.63) is 28.8 Å². The van der Waals surface area contributed by atoms with E-state index in [1.807, 2.05) is 26.0 Å². The molecule has 0 radical (unpaired) electrons. The molecule has 1 heterocycles. The zero-order valence-corrected chi connectivity index (χ0v) is 11.4. The van der Waals surface area contributed by atoms with Crippen LogP contribution >= 0.6 is 0 Å². The molecule has 1 N–H and O–H groups in total. The summed E-state index contributed by atoms with van der Waals surface area (Å²) < 4.78 is 24.2. The van der Waals surface area contributed by atoms with Crippen LogP contribution in [0, 0.1) is 13.8 Å². The van der Waals surface area contributed by atoms with E-state index in [2.05, 4.69) is 12.2 Å². The number of fused-ring (bicyclic) bond motifs is 1. The molecule has 0 saturated heterocycles. The van der Waals surface area contributed by atoms with E-state index >= 15 is 0 Å². The zero-order valence-electron chi connectivity index (χ0n) is 10.6. The average molecular weight is 253 g/mol. The fourth-order valence-corrected chi connectivity index (χ4v) is 4.56. The van der Waals surface area contributed by atoms with Crippen molar-refractivity contribution < 1.29 is 8.42 Å². The Balaban J connectivity index is 2.50. The molecule has 17 heavy (non-hydrogen) atoms. The number of aryl methyl sites for hydroxylation is 2. The fraction of sp³-hybridized carbons (Fsp3) is 0.538. The molecule has 1 unspecified atom stereocenters. The Morgan fingerprint density at radius 3 is 2.71 bits per heavy atom. The van der Waals surface area contributed by atoms with Gasteiger partial charge in [0.05, 0.1) is 10.6 Å². The summed E-state index contributed by atoms with van der Waals surface area (Å²) in [7, 11) is -3.10. The molecule has 94 valence electrons. The number of hydrogen-bond acceptors (Lipinski definition) is 3. The molecule has 0 saturated carbocycles. The van der Waals surface area contributed by atoms with Crippen LogP contribution in [0.2, 0.25) is 0 Å². The fourth-order valence-electron chi connectivity index (χ4n) is 2.55. The summed E-state index contributed by atoms with van der Waals surface area (Å²) >= 11 is 0. The summed E-state index contributed by atoms with van der Waals surface area (Å²) in [6, 6.07) is 3.91. The van der Waals surface area contributed by atoms with Gasteiger partial charge in [0, 0.05) is 6.04 Å². The van der Waals surface area contributed by atoms with Crippen LogP contribution in [0.4, 0.5) is 0 Å². The maximum Gasteiger partial charge on any atom is 0.180 e. The van der Waals surface area contributed by atoms with E-state index in [9.17, 15) is 8.42 Å². The predicted octanol–water partition coefficient (Wildman–Crippen LogP) is 2.13. The van der Waals surface area contributed by atoms with Crippen molar-refractivity contribution in [2.45, 2.75) is 38.1 Å². The molecule has 0 amide bonds. The van der Waals surface area contributed by atoms with Gasteiger partial charge in [-0.25, -0.2) is 8.42 Å². The van der Waals surface area contributed by atoms with E-state index in [0.29, 0.717) is 4.90 Å². The summed E-state index contributed by atoms with van der Waals surface area (Å²) in [5.41, 5.74) is 2.96. The number of benzene rings is 1. The molecule has 1 aliphatic rings. The lowest BCUT2D eigenvalue weighted by atomic mass is 10.0. The number of sulfone groups is 1. The first kappa shape index (κ1) is 12.6. The maximum atomic E-state index is 12.1. The molecule has 1 aromatic carbocycles. The number of nitrogens with one attached hydrogen (secondary N) is 1. The summed E-state index contributed by atoms with van der Waals surface area (Å²) in [6.45, 7) is 6.83. The molecule has 0 aliphatic carbocycles. The highest BCUT2D eigenvalue weighted by atomic mass is 32.2. The third kappa shape index (κ3) is 2.24. The first-order valence-corrected chi connectivity index (χ1v) is 7.68. The summed E-state index contributed by atoms with van der Waals surface area (Å²) in [5, 5.41) is 3.32. The van der Waals surface area contributed by atoms with Crippen molar-refractivity contribution >= 4 is 9.84 Å². The van der Waals surface area contributed by atoms with Crippen LogP contribution in [-0.4, -0.2) is 20.7 Å². The van der Waals surface area contributed by atoms with Crippen molar-refractivity contribution in [1.29, 1.82) is 0 Å². The monoisotopic (exact) mass is 253 g/mol. The van der Waals surface area contributed by atoms with Gasteiger partial charge in [-0.2, -0.15) is 0 Å². The number of rotatable bonds is 3. The smallest absolute Gasteiger partial charge is 0.180 e. The Morgan fingerprint density at radius 2 is 2.06 bits per heavy atom. The highest BCUT2D eigenvalue weighted by Crippen LogP contribution is 2.36. The predicted molar refractivity (Wildman–Crippen MR) is 69.0 cm³/mol. The Hall–Kier alpha value is -0.870. The van der Waals surface area contributed by atoms with Gasteiger partial charge in [-0.15, -0.1) is 0 Å². The Labute approximate surface area is 103 Å². The second-order valence-corrected chi connectivity index (χ2v) is 6.76. The van der Waals surface area contributed by atoms with Gasteiger partial charge in [-0.1, -0.05) is 24.6 Å². The minimum atomic E-state index is -3.10. The van der Waals surface area contributed by atoms with Crippen LogP contribution < -0.4 is 5.32 Å². The summed E-state index contributed by atoms with van der Waals surface area (Å²) in [4.78, 5) is 0.553. The Bertz CT molecular complexity index is 535. The molecular weight excluding hydrogens is 234 g/mol. The lowest BCUT2D eigenvalue weighted by Gasteiger charge is -2.12. The van der Waals surface area contributed by atoms with Crippen LogP contribution in [0.3, 0.4) is 0 Å². The van der Waals surface area contributed by atoms with E-state index in [-0.39, 0.29) is 11.8 Å². The molecule has 0 aromatic heterocycles. The highest BCUT2D eigenvalue weighted by Gasteiger charge is 2.35. The normalized spacial score (nSPS) is 21.5. The van der Waals surface area contributed by atoms with E-state index in [0.717, 1.165) is 29.7 Å². The molecule has 0 spiro atoms. The summed E-state index contributed by atoms with van der Waals surface area (Å²) in [6.07, 6.45) is 1.01. The summed E-state index contributed by atoms with van der Waals surface area (Å²) in [5.74, 6) is 0.201. The third-order valence-electron chi connectivity index (χ3n) is 3.16. The van der Waals surface area contributed by atoms with Crippen LogP contribution in [0.1, 0.15) is 36.1 Å². The lowest BCUT2D eigenvalue weighted by molar-refractivity contribution is 0.564. The van der Waals surface area contributed by atoms with Crippen LogP contribution in [0.25, 0.3) is 0 Å². The standard InChI is InChI=1S/C13H19NO2S/c1-4-5-14-12-8-17(15,16)13-10(3)6-9(2)7-11(12)13/h6-7,12,14H,4-5,8H2,1-3H3. The molecule has 1 aromatic rings. The van der Waals surface area contributed by atoms with Crippen LogP contribution in [0.15, 0.2) is 17.0 Å². The highest BCUT2D eigenvalue weighted by molar-refractivity contribution is 7.91.